The Labute approximate surface area is 182 Å². The Bertz CT molecular complexity index is 1120. The third-order valence-corrected chi connectivity index (χ3v) is 4.55. The van der Waals surface area contributed by atoms with Crippen LogP contribution in [-0.4, -0.2) is 22.8 Å². The number of nitrogens with zero attached hydrogens (tertiary/aromatic N) is 1. The van der Waals surface area contributed by atoms with Gasteiger partial charge in [0.2, 0.25) is 0 Å². The van der Waals surface area contributed by atoms with Crippen molar-refractivity contribution in [3.8, 4) is 5.75 Å². The summed E-state index contributed by atoms with van der Waals surface area (Å²) in [4.78, 5) is 35.0. The molecule has 0 aliphatic carbocycles. The number of nitrogens with one attached hydrogen (secondary N) is 2. The highest BCUT2D eigenvalue weighted by molar-refractivity contribution is 6.32. The van der Waals surface area contributed by atoms with E-state index in [0.717, 1.165) is 0 Å². The summed E-state index contributed by atoms with van der Waals surface area (Å²) >= 11 is 6.04. The molecule has 1 unspecified atom stereocenters. The van der Waals surface area contributed by atoms with Crippen LogP contribution in [0, 0.1) is 10.1 Å². The number of carbonyl (C=O) groups is 2. The largest absolute Gasteiger partial charge is 0.479 e. The van der Waals surface area contributed by atoms with Crippen molar-refractivity contribution in [2.24, 2.45) is 0 Å². The molecule has 0 bridgehead atoms. The first-order valence-electron chi connectivity index (χ1n) is 9.21. The number of amides is 2. The quantitative estimate of drug-likeness (QED) is 0.401. The number of nitro benzene ring substituents is 1. The number of benzene rings is 3. The first kappa shape index (κ1) is 21.8. The van der Waals surface area contributed by atoms with Crippen LogP contribution < -0.4 is 15.4 Å². The summed E-state index contributed by atoms with van der Waals surface area (Å²) in [5.74, 6) is -0.443. The summed E-state index contributed by atoms with van der Waals surface area (Å²) in [5.41, 5.74) is 0.971. The maximum Gasteiger partial charge on any atom is 0.270 e. The molecule has 2 amide bonds. The van der Waals surface area contributed by atoms with Crippen molar-refractivity contribution < 1.29 is 19.2 Å². The van der Waals surface area contributed by atoms with E-state index in [1.54, 1.807) is 55.5 Å². The zero-order valence-electron chi connectivity index (χ0n) is 16.4. The molecule has 0 heterocycles. The molecule has 0 radical (unpaired) electrons. The molecule has 3 rings (SSSR count). The normalized spacial score (nSPS) is 11.3. The van der Waals surface area contributed by atoms with E-state index in [2.05, 4.69) is 10.6 Å². The molecular formula is C22H18ClN3O5. The number of nitro groups is 1. The average Bonchev–Trinajstić information content (AvgIpc) is 2.76. The molecule has 0 aliphatic heterocycles. The van der Waals surface area contributed by atoms with E-state index < -0.39 is 16.9 Å². The summed E-state index contributed by atoms with van der Waals surface area (Å²) in [6.45, 7) is 1.60. The fourth-order valence-corrected chi connectivity index (χ4v) is 2.81. The van der Waals surface area contributed by atoms with Crippen LogP contribution in [0.25, 0.3) is 0 Å². The maximum absolute atomic E-state index is 12.4. The number of para-hydroxylation sites is 1. The van der Waals surface area contributed by atoms with Crippen molar-refractivity contribution in [2.45, 2.75) is 13.0 Å². The summed E-state index contributed by atoms with van der Waals surface area (Å²) in [6, 6.07) is 18.7. The molecule has 8 nitrogen and oxygen atoms in total. The van der Waals surface area contributed by atoms with Crippen LogP contribution in [-0.2, 0) is 4.79 Å². The minimum Gasteiger partial charge on any atom is -0.479 e. The van der Waals surface area contributed by atoms with Crippen LogP contribution in [0.4, 0.5) is 17.1 Å². The predicted molar refractivity (Wildman–Crippen MR) is 118 cm³/mol. The standard InChI is InChI=1S/C22H18ClN3O5/c1-14(31-20-8-3-2-7-19(20)23)21(27)24-16-9-11-17(12-10-16)25-22(28)15-5-4-6-18(13-15)26(29)30/h2-14H,1H3,(H,24,27)(H,25,28). The molecular weight excluding hydrogens is 422 g/mol. The maximum atomic E-state index is 12.4. The summed E-state index contributed by atoms with van der Waals surface area (Å²) in [6.07, 6.45) is -0.784. The Morgan fingerprint density at radius 2 is 1.61 bits per heavy atom. The van der Waals surface area contributed by atoms with Gasteiger partial charge in [0, 0.05) is 29.1 Å². The molecule has 9 heteroatoms. The Hall–Kier alpha value is -3.91. The van der Waals surface area contributed by atoms with Gasteiger partial charge in [-0.1, -0.05) is 29.8 Å². The van der Waals surface area contributed by atoms with Crippen LogP contribution in [0.3, 0.4) is 0 Å². The minimum absolute atomic E-state index is 0.164. The zero-order valence-corrected chi connectivity index (χ0v) is 17.1. The third kappa shape index (κ3) is 5.80. The second-order valence-corrected chi connectivity index (χ2v) is 6.93. The van der Waals surface area contributed by atoms with Crippen molar-refractivity contribution in [3.05, 3.63) is 93.5 Å². The van der Waals surface area contributed by atoms with E-state index >= 15 is 0 Å². The molecule has 0 saturated heterocycles. The molecule has 158 valence electrons. The number of hydrogen-bond acceptors (Lipinski definition) is 5. The highest BCUT2D eigenvalue weighted by Crippen LogP contribution is 2.24. The second kappa shape index (κ2) is 9.73. The van der Waals surface area contributed by atoms with Crippen molar-refractivity contribution in [2.75, 3.05) is 10.6 Å². The highest BCUT2D eigenvalue weighted by atomic mass is 35.5. The molecule has 0 saturated carbocycles. The zero-order chi connectivity index (χ0) is 22.4. The topological polar surface area (TPSA) is 111 Å². The number of ether oxygens (including phenoxy) is 1. The van der Waals surface area contributed by atoms with Gasteiger partial charge in [0.15, 0.2) is 6.10 Å². The van der Waals surface area contributed by atoms with Gasteiger partial charge in [0.1, 0.15) is 5.75 Å². The van der Waals surface area contributed by atoms with E-state index in [0.29, 0.717) is 22.1 Å². The van der Waals surface area contributed by atoms with Gasteiger partial charge in [-0.15, -0.1) is 0 Å². The van der Waals surface area contributed by atoms with Crippen LogP contribution in [0.2, 0.25) is 5.02 Å². The van der Waals surface area contributed by atoms with Gasteiger partial charge < -0.3 is 15.4 Å². The van der Waals surface area contributed by atoms with Crippen LogP contribution in [0.15, 0.2) is 72.8 Å². The molecule has 0 aliphatic rings. The summed E-state index contributed by atoms with van der Waals surface area (Å²) in [5, 5.41) is 16.6. The summed E-state index contributed by atoms with van der Waals surface area (Å²) in [7, 11) is 0. The SMILES string of the molecule is CC(Oc1ccccc1Cl)C(=O)Nc1ccc(NC(=O)c2cccc([N+](=O)[O-])c2)cc1. The monoisotopic (exact) mass is 439 g/mol. The van der Waals surface area contributed by atoms with Gasteiger partial charge >= 0.3 is 0 Å². The average molecular weight is 440 g/mol. The number of halogens is 1. The first-order chi connectivity index (χ1) is 14.8. The Kier molecular flexibility index (Phi) is 6.84. The van der Waals surface area contributed by atoms with Gasteiger partial charge in [-0.05, 0) is 49.4 Å². The number of rotatable bonds is 7. The van der Waals surface area contributed by atoms with Crippen molar-refractivity contribution in [1.29, 1.82) is 0 Å². The first-order valence-corrected chi connectivity index (χ1v) is 9.59. The van der Waals surface area contributed by atoms with E-state index in [1.165, 1.54) is 24.3 Å². The fourth-order valence-electron chi connectivity index (χ4n) is 2.63. The molecule has 0 aromatic heterocycles. The van der Waals surface area contributed by atoms with Crippen LogP contribution >= 0.6 is 11.6 Å². The van der Waals surface area contributed by atoms with Crippen LogP contribution in [0.5, 0.6) is 5.75 Å². The van der Waals surface area contributed by atoms with E-state index in [9.17, 15) is 19.7 Å². The minimum atomic E-state index is -0.784. The number of non-ortho nitro benzene ring substituents is 1. The highest BCUT2D eigenvalue weighted by Gasteiger charge is 2.16. The van der Waals surface area contributed by atoms with Crippen LogP contribution in [0.1, 0.15) is 17.3 Å². The van der Waals surface area contributed by atoms with E-state index in [1.807, 2.05) is 0 Å². The molecule has 3 aromatic rings. The Morgan fingerprint density at radius 3 is 2.26 bits per heavy atom. The molecule has 2 N–H and O–H groups in total. The van der Waals surface area contributed by atoms with Crippen molar-refractivity contribution in [3.63, 3.8) is 0 Å². The predicted octanol–water partition coefficient (Wildman–Crippen LogP) is 4.91. The molecule has 0 fully saturated rings. The van der Waals surface area contributed by atoms with Crippen molar-refractivity contribution in [1.82, 2.24) is 0 Å². The molecule has 1 atom stereocenters. The molecule has 31 heavy (non-hydrogen) atoms. The van der Waals surface area contributed by atoms with Gasteiger partial charge in [0.25, 0.3) is 17.5 Å². The number of carbonyl (C=O) groups excluding carboxylic acids is 2. The lowest BCUT2D eigenvalue weighted by Crippen LogP contribution is -2.30. The number of hydrogen-bond donors (Lipinski definition) is 2. The Balaban J connectivity index is 1.59. The lowest BCUT2D eigenvalue weighted by molar-refractivity contribution is -0.384. The second-order valence-electron chi connectivity index (χ2n) is 6.52. The lowest BCUT2D eigenvalue weighted by Gasteiger charge is -2.15. The van der Waals surface area contributed by atoms with Crippen molar-refractivity contribution >= 4 is 40.5 Å². The summed E-state index contributed by atoms with van der Waals surface area (Å²) < 4.78 is 5.58. The fraction of sp³-hybridized carbons (Fsp3) is 0.0909. The van der Waals surface area contributed by atoms with Gasteiger partial charge in [-0.2, -0.15) is 0 Å². The molecule has 3 aromatic carbocycles. The molecule has 0 spiro atoms. The lowest BCUT2D eigenvalue weighted by atomic mass is 10.2. The van der Waals surface area contributed by atoms with E-state index in [-0.39, 0.29) is 17.2 Å². The van der Waals surface area contributed by atoms with Gasteiger partial charge in [-0.3, -0.25) is 19.7 Å². The van der Waals surface area contributed by atoms with Gasteiger partial charge in [-0.25, -0.2) is 0 Å². The van der Waals surface area contributed by atoms with E-state index in [4.69, 9.17) is 16.3 Å². The third-order valence-electron chi connectivity index (χ3n) is 4.24. The Morgan fingerprint density at radius 1 is 0.968 bits per heavy atom. The number of anilines is 2. The van der Waals surface area contributed by atoms with Gasteiger partial charge in [0.05, 0.1) is 9.95 Å². The smallest absolute Gasteiger partial charge is 0.270 e.